The van der Waals surface area contributed by atoms with E-state index in [4.69, 9.17) is 0 Å². The molecule has 0 bridgehead atoms. The lowest BCUT2D eigenvalue weighted by molar-refractivity contribution is 0.0958. The van der Waals surface area contributed by atoms with Crippen LogP contribution in [-0.4, -0.2) is 20.9 Å². The molecule has 2 aromatic rings. The van der Waals surface area contributed by atoms with Gasteiger partial charge < -0.3 is 5.32 Å². The van der Waals surface area contributed by atoms with E-state index in [0.29, 0.717) is 17.8 Å². The first kappa shape index (κ1) is 15.3. The van der Waals surface area contributed by atoms with Gasteiger partial charge in [-0.15, -0.1) is 17.9 Å². The van der Waals surface area contributed by atoms with Crippen molar-refractivity contribution in [3.05, 3.63) is 60.0 Å². The Kier molecular flexibility index (Phi) is 4.77. The first-order chi connectivity index (χ1) is 10.0. The molecule has 1 aromatic carbocycles. The normalized spacial score (nSPS) is 10.9. The van der Waals surface area contributed by atoms with E-state index in [9.17, 15) is 13.2 Å². The second kappa shape index (κ2) is 6.55. The maximum absolute atomic E-state index is 12.0. The molecule has 21 heavy (non-hydrogen) atoms. The SMILES string of the molecule is C=CCNC(=O)c1ccc(NS(=O)(=O)c2cccs2)cc1. The number of benzene rings is 1. The molecule has 1 aromatic heterocycles. The minimum Gasteiger partial charge on any atom is -0.349 e. The van der Waals surface area contributed by atoms with Crippen molar-refractivity contribution in [2.45, 2.75) is 4.21 Å². The van der Waals surface area contributed by atoms with E-state index in [1.54, 1.807) is 41.8 Å². The maximum Gasteiger partial charge on any atom is 0.271 e. The molecular weight excluding hydrogens is 308 g/mol. The summed E-state index contributed by atoms with van der Waals surface area (Å²) in [7, 11) is -3.56. The molecular formula is C14H14N2O3S2. The van der Waals surface area contributed by atoms with Crippen molar-refractivity contribution in [1.29, 1.82) is 0 Å². The summed E-state index contributed by atoms with van der Waals surface area (Å²) in [5.74, 6) is -0.234. The zero-order valence-corrected chi connectivity index (χ0v) is 12.7. The van der Waals surface area contributed by atoms with Crippen molar-refractivity contribution in [3.63, 3.8) is 0 Å². The van der Waals surface area contributed by atoms with Gasteiger partial charge in [0.15, 0.2) is 0 Å². The fourth-order valence-corrected chi connectivity index (χ4v) is 3.63. The Bertz CT molecular complexity index is 720. The molecule has 0 unspecified atom stereocenters. The summed E-state index contributed by atoms with van der Waals surface area (Å²) < 4.78 is 26.8. The molecule has 0 fully saturated rings. The Morgan fingerprint density at radius 2 is 1.95 bits per heavy atom. The van der Waals surface area contributed by atoms with Crippen LogP contribution in [0.25, 0.3) is 0 Å². The van der Waals surface area contributed by atoms with Gasteiger partial charge in [0, 0.05) is 17.8 Å². The van der Waals surface area contributed by atoms with Crippen molar-refractivity contribution < 1.29 is 13.2 Å². The molecule has 0 radical (unpaired) electrons. The third kappa shape index (κ3) is 3.93. The van der Waals surface area contributed by atoms with Crippen LogP contribution in [0.1, 0.15) is 10.4 Å². The molecule has 0 atom stereocenters. The Labute approximate surface area is 127 Å². The summed E-state index contributed by atoms with van der Waals surface area (Å²) >= 11 is 1.14. The van der Waals surface area contributed by atoms with E-state index >= 15 is 0 Å². The fourth-order valence-electron chi connectivity index (χ4n) is 1.58. The summed E-state index contributed by atoms with van der Waals surface area (Å²) in [6, 6.07) is 9.42. The van der Waals surface area contributed by atoms with Gasteiger partial charge in [-0.1, -0.05) is 12.1 Å². The Hall–Kier alpha value is -2.12. The number of anilines is 1. The van der Waals surface area contributed by atoms with Gasteiger partial charge in [-0.25, -0.2) is 8.42 Å². The van der Waals surface area contributed by atoms with Crippen molar-refractivity contribution >= 4 is 33.0 Å². The fraction of sp³-hybridized carbons (Fsp3) is 0.0714. The van der Waals surface area contributed by atoms with Crippen molar-refractivity contribution in [3.8, 4) is 0 Å². The average molecular weight is 322 g/mol. The first-order valence-electron chi connectivity index (χ1n) is 6.08. The smallest absolute Gasteiger partial charge is 0.271 e. The summed E-state index contributed by atoms with van der Waals surface area (Å²) in [5.41, 5.74) is 0.861. The number of thiophene rings is 1. The van der Waals surface area contributed by atoms with Crippen LogP contribution in [0.5, 0.6) is 0 Å². The zero-order valence-electron chi connectivity index (χ0n) is 11.1. The molecule has 0 aliphatic carbocycles. The second-order valence-corrected chi connectivity index (χ2v) is 6.97. The van der Waals surface area contributed by atoms with Gasteiger partial charge in [-0.3, -0.25) is 9.52 Å². The quantitative estimate of drug-likeness (QED) is 0.802. The van der Waals surface area contributed by atoms with E-state index in [0.717, 1.165) is 11.3 Å². The highest BCUT2D eigenvalue weighted by Gasteiger charge is 2.15. The topological polar surface area (TPSA) is 75.3 Å². The number of hydrogen-bond acceptors (Lipinski definition) is 4. The summed E-state index contributed by atoms with van der Waals surface area (Å²) in [4.78, 5) is 11.7. The van der Waals surface area contributed by atoms with E-state index in [1.165, 1.54) is 6.07 Å². The van der Waals surface area contributed by atoms with Crippen LogP contribution in [0.4, 0.5) is 5.69 Å². The number of nitrogens with one attached hydrogen (secondary N) is 2. The molecule has 7 heteroatoms. The van der Waals surface area contributed by atoms with E-state index in [-0.39, 0.29) is 10.1 Å². The number of amides is 1. The molecule has 0 spiro atoms. The Balaban J connectivity index is 2.09. The Morgan fingerprint density at radius 3 is 2.52 bits per heavy atom. The highest BCUT2D eigenvalue weighted by atomic mass is 32.2. The van der Waals surface area contributed by atoms with Crippen molar-refractivity contribution in [2.75, 3.05) is 11.3 Å². The third-order valence-electron chi connectivity index (χ3n) is 2.57. The lowest BCUT2D eigenvalue weighted by Gasteiger charge is -2.07. The average Bonchev–Trinajstić information content (AvgIpc) is 3.00. The molecule has 0 saturated carbocycles. The number of carbonyl (C=O) groups excluding carboxylic acids is 1. The van der Waals surface area contributed by atoms with Gasteiger partial charge in [-0.05, 0) is 35.7 Å². The summed E-state index contributed by atoms with van der Waals surface area (Å²) in [6.07, 6.45) is 1.58. The highest BCUT2D eigenvalue weighted by Crippen LogP contribution is 2.20. The van der Waals surface area contributed by atoms with Gasteiger partial charge in [-0.2, -0.15) is 0 Å². The number of hydrogen-bond donors (Lipinski definition) is 2. The lowest BCUT2D eigenvalue weighted by atomic mass is 10.2. The standard InChI is InChI=1S/C14H14N2O3S2/c1-2-9-15-14(17)11-5-7-12(8-6-11)16-21(18,19)13-4-3-10-20-13/h2-8,10,16H,1,9H2,(H,15,17). The van der Waals surface area contributed by atoms with Gasteiger partial charge in [0.05, 0.1) is 0 Å². The summed E-state index contributed by atoms with van der Waals surface area (Å²) in [6.45, 7) is 3.90. The molecule has 1 amide bonds. The van der Waals surface area contributed by atoms with Crippen LogP contribution < -0.4 is 10.0 Å². The van der Waals surface area contributed by atoms with Gasteiger partial charge in [0.25, 0.3) is 15.9 Å². The minimum absolute atomic E-state index is 0.234. The number of rotatable bonds is 6. The van der Waals surface area contributed by atoms with Gasteiger partial charge in [0.2, 0.25) is 0 Å². The molecule has 0 aliphatic rings. The molecule has 5 nitrogen and oxygen atoms in total. The molecule has 2 rings (SSSR count). The van der Waals surface area contributed by atoms with Crippen molar-refractivity contribution in [1.82, 2.24) is 5.32 Å². The predicted octanol–water partition coefficient (Wildman–Crippen LogP) is 2.46. The van der Waals surface area contributed by atoms with E-state index in [1.807, 2.05) is 0 Å². The largest absolute Gasteiger partial charge is 0.349 e. The van der Waals surface area contributed by atoms with Gasteiger partial charge >= 0.3 is 0 Å². The molecule has 2 N–H and O–H groups in total. The predicted molar refractivity (Wildman–Crippen MR) is 84.1 cm³/mol. The highest BCUT2D eigenvalue weighted by molar-refractivity contribution is 7.94. The number of sulfonamides is 1. The molecule has 110 valence electrons. The lowest BCUT2D eigenvalue weighted by Crippen LogP contribution is -2.23. The molecule has 1 heterocycles. The molecule has 0 aliphatic heterocycles. The van der Waals surface area contributed by atoms with Crippen LogP contribution in [0.15, 0.2) is 58.6 Å². The van der Waals surface area contributed by atoms with Crippen LogP contribution >= 0.6 is 11.3 Å². The van der Waals surface area contributed by atoms with Crippen LogP contribution in [0.2, 0.25) is 0 Å². The summed E-state index contributed by atoms with van der Waals surface area (Å²) in [5, 5.41) is 4.34. The zero-order chi connectivity index (χ0) is 15.3. The second-order valence-electron chi connectivity index (χ2n) is 4.11. The minimum atomic E-state index is -3.56. The number of carbonyl (C=O) groups is 1. The van der Waals surface area contributed by atoms with Crippen LogP contribution in [0, 0.1) is 0 Å². The third-order valence-corrected chi connectivity index (χ3v) is 5.34. The van der Waals surface area contributed by atoms with Gasteiger partial charge in [0.1, 0.15) is 4.21 Å². The maximum atomic E-state index is 12.0. The monoisotopic (exact) mass is 322 g/mol. The van der Waals surface area contributed by atoms with E-state index in [2.05, 4.69) is 16.6 Å². The Morgan fingerprint density at radius 1 is 1.24 bits per heavy atom. The molecule has 0 saturated heterocycles. The van der Waals surface area contributed by atoms with Crippen LogP contribution in [0.3, 0.4) is 0 Å². The van der Waals surface area contributed by atoms with E-state index < -0.39 is 10.0 Å². The van der Waals surface area contributed by atoms with Crippen LogP contribution in [-0.2, 0) is 10.0 Å². The first-order valence-corrected chi connectivity index (χ1v) is 8.45. The van der Waals surface area contributed by atoms with Crippen molar-refractivity contribution in [2.24, 2.45) is 0 Å².